The van der Waals surface area contributed by atoms with Crippen molar-refractivity contribution in [3.8, 4) is 11.1 Å². The predicted molar refractivity (Wildman–Crippen MR) is 132 cm³/mol. The molecule has 0 unspecified atom stereocenters. The molecule has 4 nitrogen and oxygen atoms in total. The zero-order valence-corrected chi connectivity index (χ0v) is 18.9. The van der Waals surface area contributed by atoms with Crippen LogP contribution in [0.1, 0.15) is 27.2 Å². The number of para-hydroxylation sites is 1. The van der Waals surface area contributed by atoms with Gasteiger partial charge in [0.2, 0.25) is 0 Å². The molecule has 0 radical (unpaired) electrons. The number of pyridine rings is 1. The average molecular weight is 424 g/mol. The Bertz CT molecular complexity index is 1220. The summed E-state index contributed by atoms with van der Waals surface area (Å²) >= 11 is 0. The minimum Gasteiger partial charge on any atom is -0.351 e. The molecule has 1 amide bonds. The highest BCUT2D eigenvalue weighted by molar-refractivity contribution is 6.09. The molecule has 4 heteroatoms. The molecule has 0 aliphatic rings. The van der Waals surface area contributed by atoms with Crippen molar-refractivity contribution in [1.82, 2.24) is 15.2 Å². The number of carbonyl (C=O) groups excluding carboxylic acids is 1. The molecule has 4 aromatic rings. The van der Waals surface area contributed by atoms with E-state index in [2.05, 4.69) is 66.7 Å². The number of hydrogen-bond acceptors (Lipinski definition) is 3. The van der Waals surface area contributed by atoms with E-state index >= 15 is 0 Å². The monoisotopic (exact) mass is 423 g/mol. The van der Waals surface area contributed by atoms with E-state index in [-0.39, 0.29) is 5.91 Å². The van der Waals surface area contributed by atoms with Crippen molar-refractivity contribution in [2.45, 2.75) is 20.4 Å². The van der Waals surface area contributed by atoms with Crippen LogP contribution < -0.4 is 5.32 Å². The Morgan fingerprint density at radius 1 is 0.938 bits per heavy atom. The Balaban J connectivity index is 1.51. The summed E-state index contributed by atoms with van der Waals surface area (Å²) in [4.78, 5) is 20.1. The molecule has 0 bridgehead atoms. The van der Waals surface area contributed by atoms with E-state index in [9.17, 15) is 4.79 Å². The summed E-state index contributed by atoms with van der Waals surface area (Å²) in [6.07, 6.45) is 0. The van der Waals surface area contributed by atoms with Crippen LogP contribution in [0.4, 0.5) is 0 Å². The Morgan fingerprint density at radius 2 is 1.69 bits per heavy atom. The molecule has 0 spiro atoms. The van der Waals surface area contributed by atoms with Gasteiger partial charge in [0.15, 0.2) is 0 Å². The zero-order valence-electron chi connectivity index (χ0n) is 18.9. The van der Waals surface area contributed by atoms with Gasteiger partial charge in [-0.2, -0.15) is 0 Å². The van der Waals surface area contributed by atoms with E-state index in [4.69, 9.17) is 4.98 Å². The largest absolute Gasteiger partial charge is 0.351 e. The molecule has 1 heterocycles. The number of aromatic nitrogens is 1. The summed E-state index contributed by atoms with van der Waals surface area (Å²) in [7, 11) is 2.07. The molecular weight excluding hydrogens is 394 g/mol. The number of rotatable bonds is 7. The Kier molecular flexibility index (Phi) is 6.62. The van der Waals surface area contributed by atoms with Crippen molar-refractivity contribution in [1.29, 1.82) is 0 Å². The molecule has 0 aliphatic carbocycles. The fourth-order valence-electron chi connectivity index (χ4n) is 3.96. The third kappa shape index (κ3) is 5.04. The molecule has 3 aromatic carbocycles. The third-order valence-electron chi connectivity index (χ3n) is 5.65. The summed E-state index contributed by atoms with van der Waals surface area (Å²) in [5, 5.41) is 3.97. The van der Waals surface area contributed by atoms with Gasteiger partial charge in [-0.05, 0) is 38.1 Å². The van der Waals surface area contributed by atoms with Crippen LogP contribution >= 0.6 is 0 Å². The van der Waals surface area contributed by atoms with Crippen LogP contribution in [-0.2, 0) is 6.54 Å². The molecule has 162 valence electrons. The maximum atomic E-state index is 13.1. The minimum atomic E-state index is -0.0605. The van der Waals surface area contributed by atoms with Gasteiger partial charge in [-0.1, -0.05) is 78.4 Å². The van der Waals surface area contributed by atoms with E-state index in [1.807, 2.05) is 43.3 Å². The number of fused-ring (bicyclic) bond motifs is 1. The molecule has 32 heavy (non-hydrogen) atoms. The lowest BCUT2D eigenvalue weighted by Crippen LogP contribution is -2.33. The number of likely N-dealkylation sites (N-methyl/N-ethyl adjacent to an activating group) is 1. The molecule has 1 aromatic heterocycles. The van der Waals surface area contributed by atoms with Gasteiger partial charge in [0.05, 0.1) is 11.1 Å². The van der Waals surface area contributed by atoms with Crippen molar-refractivity contribution in [2.75, 3.05) is 20.1 Å². The average Bonchev–Trinajstić information content (AvgIpc) is 2.79. The second-order valence-electron chi connectivity index (χ2n) is 8.36. The minimum absolute atomic E-state index is 0.0605. The van der Waals surface area contributed by atoms with Crippen molar-refractivity contribution < 1.29 is 4.79 Å². The quantitative estimate of drug-likeness (QED) is 0.434. The van der Waals surface area contributed by atoms with Crippen LogP contribution in [0.5, 0.6) is 0 Å². The predicted octanol–water partition coefficient (Wildman–Crippen LogP) is 5.38. The van der Waals surface area contributed by atoms with Crippen LogP contribution in [0, 0.1) is 13.8 Å². The summed E-state index contributed by atoms with van der Waals surface area (Å²) in [6.45, 7) is 6.23. The first-order chi connectivity index (χ1) is 15.5. The van der Waals surface area contributed by atoms with Gasteiger partial charge < -0.3 is 10.2 Å². The van der Waals surface area contributed by atoms with Gasteiger partial charge in [-0.25, -0.2) is 0 Å². The molecular formula is C28H29N3O. The maximum Gasteiger partial charge on any atom is 0.252 e. The smallest absolute Gasteiger partial charge is 0.252 e. The van der Waals surface area contributed by atoms with E-state index in [1.54, 1.807) is 0 Å². The molecule has 0 saturated heterocycles. The van der Waals surface area contributed by atoms with E-state index in [0.29, 0.717) is 12.1 Å². The normalized spacial score (nSPS) is 11.1. The highest BCUT2D eigenvalue weighted by atomic mass is 16.1. The lowest BCUT2D eigenvalue weighted by atomic mass is 9.98. The van der Waals surface area contributed by atoms with Gasteiger partial charge in [-0.15, -0.1) is 0 Å². The summed E-state index contributed by atoms with van der Waals surface area (Å²) in [6, 6.07) is 26.7. The Hall–Kier alpha value is -3.50. The van der Waals surface area contributed by atoms with Gasteiger partial charge in [0.25, 0.3) is 5.91 Å². The third-order valence-corrected chi connectivity index (χ3v) is 5.65. The molecule has 0 atom stereocenters. The zero-order chi connectivity index (χ0) is 22.5. The Labute approximate surface area is 189 Å². The Morgan fingerprint density at radius 3 is 2.44 bits per heavy atom. The summed E-state index contributed by atoms with van der Waals surface area (Å²) in [5.41, 5.74) is 7.01. The lowest BCUT2D eigenvalue weighted by Gasteiger charge is -2.17. The van der Waals surface area contributed by atoms with Gasteiger partial charge in [0, 0.05) is 36.3 Å². The number of carbonyl (C=O) groups is 1. The highest BCUT2D eigenvalue weighted by Gasteiger charge is 2.15. The lowest BCUT2D eigenvalue weighted by molar-refractivity contribution is 0.0951. The van der Waals surface area contributed by atoms with Crippen molar-refractivity contribution in [3.63, 3.8) is 0 Å². The second kappa shape index (κ2) is 9.75. The van der Waals surface area contributed by atoms with E-state index in [0.717, 1.165) is 40.8 Å². The first kappa shape index (κ1) is 21.7. The molecule has 0 aliphatic heterocycles. The maximum absolute atomic E-state index is 13.1. The number of aryl methyl sites for hydroxylation is 2. The topological polar surface area (TPSA) is 45.2 Å². The van der Waals surface area contributed by atoms with Crippen molar-refractivity contribution in [3.05, 3.63) is 101 Å². The van der Waals surface area contributed by atoms with Crippen LogP contribution in [0.2, 0.25) is 0 Å². The first-order valence-corrected chi connectivity index (χ1v) is 11.0. The molecule has 0 saturated carbocycles. The number of benzene rings is 3. The summed E-state index contributed by atoms with van der Waals surface area (Å²) < 4.78 is 0. The fraction of sp³-hybridized carbons (Fsp3) is 0.214. The standard InChI is InChI=1S/C28H29N3O/c1-20-12-14-23(15-13-20)24-10-7-11-25-26(18-21(2)30-27(24)25)28(32)29-16-17-31(3)19-22-8-5-4-6-9-22/h4-15,18H,16-17,19H2,1-3H3,(H,29,32). The van der Waals surface area contributed by atoms with Crippen LogP contribution in [0.25, 0.3) is 22.0 Å². The van der Waals surface area contributed by atoms with Gasteiger partial charge in [-0.3, -0.25) is 9.78 Å². The number of nitrogens with zero attached hydrogens (tertiary/aromatic N) is 2. The fourth-order valence-corrected chi connectivity index (χ4v) is 3.96. The van der Waals surface area contributed by atoms with Crippen LogP contribution in [0.3, 0.4) is 0 Å². The number of hydrogen-bond donors (Lipinski definition) is 1. The number of nitrogens with one attached hydrogen (secondary N) is 1. The van der Waals surface area contributed by atoms with Crippen LogP contribution in [0.15, 0.2) is 78.9 Å². The summed E-state index contributed by atoms with van der Waals surface area (Å²) in [5.74, 6) is -0.0605. The van der Waals surface area contributed by atoms with Gasteiger partial charge in [0.1, 0.15) is 0 Å². The van der Waals surface area contributed by atoms with Gasteiger partial charge >= 0.3 is 0 Å². The van der Waals surface area contributed by atoms with Crippen molar-refractivity contribution in [2.24, 2.45) is 0 Å². The van der Waals surface area contributed by atoms with Crippen LogP contribution in [-0.4, -0.2) is 35.9 Å². The SMILES string of the molecule is Cc1ccc(-c2cccc3c(C(=O)NCCN(C)Cc4ccccc4)cc(C)nc23)cc1. The second-order valence-corrected chi connectivity index (χ2v) is 8.36. The first-order valence-electron chi connectivity index (χ1n) is 11.0. The van der Waals surface area contributed by atoms with E-state index < -0.39 is 0 Å². The van der Waals surface area contributed by atoms with E-state index in [1.165, 1.54) is 11.1 Å². The van der Waals surface area contributed by atoms with Crippen molar-refractivity contribution >= 4 is 16.8 Å². The highest BCUT2D eigenvalue weighted by Crippen LogP contribution is 2.29. The molecule has 4 rings (SSSR count). The molecule has 0 fully saturated rings. The molecule has 1 N–H and O–H groups in total. The number of amides is 1.